The van der Waals surface area contributed by atoms with Crippen LogP contribution in [-0.4, -0.2) is 60.1 Å². The molecule has 1 atom stereocenters. The Kier molecular flexibility index (Phi) is 7.72. The molecule has 2 aromatic carbocycles. The second-order valence-corrected chi connectivity index (χ2v) is 7.19. The van der Waals surface area contributed by atoms with Crippen LogP contribution < -0.4 is 21.7 Å². The number of amides is 5. The van der Waals surface area contributed by atoms with E-state index in [-0.39, 0.29) is 37.6 Å². The highest BCUT2D eigenvalue weighted by atomic mass is 19.1. The summed E-state index contributed by atoms with van der Waals surface area (Å²) in [5.74, 6) is -3.05. The molecule has 0 aliphatic carbocycles. The molecule has 9 nitrogen and oxygen atoms in total. The maximum Gasteiger partial charge on any atom is 0.323 e. The number of carbonyl (C=O) groups excluding carboxylic acids is 3. The number of anilines is 2. The first kappa shape index (κ1) is 23.9. The van der Waals surface area contributed by atoms with Crippen LogP contribution in [0.25, 0.3) is 0 Å². The summed E-state index contributed by atoms with van der Waals surface area (Å²) in [6.07, 6.45) is -1.07. The number of carbonyl (C=O) groups is 3. The van der Waals surface area contributed by atoms with Crippen LogP contribution in [0.5, 0.6) is 0 Å². The van der Waals surface area contributed by atoms with Crippen LogP contribution in [0.1, 0.15) is 6.42 Å². The molecule has 176 valence electrons. The van der Waals surface area contributed by atoms with E-state index in [0.717, 1.165) is 28.0 Å². The normalized spacial score (nSPS) is 15.7. The maximum atomic E-state index is 14.0. The molecule has 1 saturated heterocycles. The lowest BCUT2D eigenvalue weighted by molar-refractivity contribution is -0.131. The molecule has 2 aromatic rings. The van der Waals surface area contributed by atoms with Gasteiger partial charge in [0.15, 0.2) is 6.17 Å². The van der Waals surface area contributed by atoms with Gasteiger partial charge in [-0.25, -0.2) is 22.8 Å². The van der Waals surface area contributed by atoms with Gasteiger partial charge >= 0.3 is 12.1 Å². The second-order valence-electron chi connectivity index (χ2n) is 7.19. The topological polar surface area (TPSA) is 120 Å². The molecule has 12 heteroatoms. The number of halogens is 3. The number of hydrogen-bond acceptors (Lipinski definition) is 4. The third-order valence-corrected chi connectivity index (χ3v) is 4.84. The summed E-state index contributed by atoms with van der Waals surface area (Å²) in [4.78, 5) is 40.9. The molecule has 3 rings (SSSR count). The lowest BCUT2D eigenvalue weighted by Crippen LogP contribution is -2.65. The van der Waals surface area contributed by atoms with Gasteiger partial charge in [0.2, 0.25) is 0 Å². The molecule has 5 amide bonds. The van der Waals surface area contributed by atoms with Crippen molar-refractivity contribution in [1.29, 1.82) is 0 Å². The Morgan fingerprint density at radius 1 is 0.939 bits per heavy atom. The first-order valence-electron chi connectivity index (χ1n) is 10.1. The van der Waals surface area contributed by atoms with Crippen LogP contribution in [0.15, 0.2) is 42.5 Å². The molecule has 0 aromatic heterocycles. The zero-order chi connectivity index (χ0) is 24.0. The van der Waals surface area contributed by atoms with Crippen molar-refractivity contribution in [2.75, 3.05) is 36.8 Å². The van der Waals surface area contributed by atoms with E-state index in [0.29, 0.717) is 12.5 Å². The molecule has 1 aliphatic rings. The van der Waals surface area contributed by atoms with Gasteiger partial charge in [0.1, 0.15) is 17.5 Å². The summed E-state index contributed by atoms with van der Waals surface area (Å²) in [5, 5.41) is 7.33. The van der Waals surface area contributed by atoms with Gasteiger partial charge in [0, 0.05) is 37.9 Å². The van der Waals surface area contributed by atoms with Gasteiger partial charge < -0.3 is 21.7 Å². The fourth-order valence-electron chi connectivity index (χ4n) is 3.36. The van der Waals surface area contributed by atoms with Crippen molar-refractivity contribution in [1.82, 2.24) is 15.1 Å². The van der Waals surface area contributed by atoms with Gasteiger partial charge in [-0.2, -0.15) is 0 Å². The lowest BCUT2D eigenvalue weighted by atomic mass is 10.2. The highest BCUT2D eigenvalue weighted by Gasteiger charge is 2.40. The van der Waals surface area contributed by atoms with E-state index in [1.165, 1.54) is 18.2 Å². The standard InChI is InChI=1S/C21H23F3N6O3/c22-13-3-1-4-15(11-13)27-20(32)29-9-2-10-30(19(29)18(31)26-8-7-25)21(33)28-17-6-5-14(23)12-16(17)24/h1,3-6,11-12,19H,2,7-10,25H2,(H,26,31)(H,27,32)(H,28,33). The minimum atomic E-state index is -1.39. The smallest absolute Gasteiger partial charge is 0.323 e. The van der Waals surface area contributed by atoms with E-state index in [1.54, 1.807) is 0 Å². The van der Waals surface area contributed by atoms with Gasteiger partial charge in [-0.15, -0.1) is 0 Å². The van der Waals surface area contributed by atoms with Crippen molar-refractivity contribution in [2.45, 2.75) is 12.6 Å². The quantitative estimate of drug-likeness (QED) is 0.543. The van der Waals surface area contributed by atoms with Gasteiger partial charge in [-0.1, -0.05) is 6.07 Å². The number of benzene rings is 2. The molecule has 1 heterocycles. The van der Waals surface area contributed by atoms with E-state index in [4.69, 9.17) is 5.73 Å². The average molecular weight is 464 g/mol. The molecular formula is C21H23F3N6O3. The Morgan fingerprint density at radius 2 is 1.61 bits per heavy atom. The van der Waals surface area contributed by atoms with Crippen LogP contribution in [0.4, 0.5) is 34.1 Å². The van der Waals surface area contributed by atoms with E-state index in [1.807, 2.05) is 0 Å². The van der Waals surface area contributed by atoms with Crippen molar-refractivity contribution in [2.24, 2.45) is 5.73 Å². The number of hydrogen-bond donors (Lipinski definition) is 4. The van der Waals surface area contributed by atoms with Gasteiger partial charge in [-0.05, 0) is 36.8 Å². The van der Waals surface area contributed by atoms with Crippen molar-refractivity contribution in [3.05, 3.63) is 59.9 Å². The SMILES string of the molecule is NCCNC(=O)C1N(C(=O)Nc2cccc(F)c2)CCCN1C(=O)Nc1ccc(F)cc1F. The summed E-state index contributed by atoms with van der Waals surface area (Å²) in [5.41, 5.74) is 5.31. The molecule has 0 spiro atoms. The molecule has 0 bridgehead atoms. The summed E-state index contributed by atoms with van der Waals surface area (Å²) in [7, 11) is 0. The molecular weight excluding hydrogens is 441 g/mol. The van der Waals surface area contributed by atoms with Gasteiger partial charge in [0.25, 0.3) is 5.91 Å². The third-order valence-electron chi connectivity index (χ3n) is 4.84. The minimum Gasteiger partial charge on any atom is -0.351 e. The lowest BCUT2D eigenvalue weighted by Gasteiger charge is -2.42. The molecule has 1 fully saturated rings. The number of nitrogens with two attached hydrogens (primary N) is 1. The van der Waals surface area contributed by atoms with Crippen molar-refractivity contribution in [3.63, 3.8) is 0 Å². The van der Waals surface area contributed by atoms with E-state index >= 15 is 0 Å². The molecule has 0 saturated carbocycles. The van der Waals surface area contributed by atoms with Crippen molar-refractivity contribution < 1.29 is 27.6 Å². The van der Waals surface area contributed by atoms with E-state index in [2.05, 4.69) is 16.0 Å². The van der Waals surface area contributed by atoms with Crippen LogP contribution in [0, 0.1) is 17.5 Å². The zero-order valence-corrected chi connectivity index (χ0v) is 17.5. The number of urea groups is 2. The summed E-state index contributed by atoms with van der Waals surface area (Å²) in [6.45, 7) is 0.424. The van der Waals surface area contributed by atoms with Crippen LogP contribution in [0.3, 0.4) is 0 Å². The van der Waals surface area contributed by atoms with Crippen molar-refractivity contribution >= 4 is 29.3 Å². The number of rotatable bonds is 5. The molecule has 5 N–H and O–H groups in total. The molecule has 1 unspecified atom stereocenters. The Balaban J connectivity index is 1.84. The van der Waals surface area contributed by atoms with E-state index in [9.17, 15) is 27.6 Å². The second kappa shape index (κ2) is 10.7. The summed E-state index contributed by atoms with van der Waals surface area (Å²) < 4.78 is 40.7. The molecule has 33 heavy (non-hydrogen) atoms. The highest BCUT2D eigenvalue weighted by Crippen LogP contribution is 2.21. The van der Waals surface area contributed by atoms with Gasteiger partial charge in [-0.3, -0.25) is 14.6 Å². The Hall–Kier alpha value is -3.80. The molecule has 0 radical (unpaired) electrons. The fraction of sp³-hybridized carbons (Fsp3) is 0.286. The van der Waals surface area contributed by atoms with Crippen LogP contribution in [0.2, 0.25) is 0 Å². The highest BCUT2D eigenvalue weighted by molar-refractivity contribution is 5.98. The Bertz CT molecular complexity index is 1040. The fourth-order valence-corrected chi connectivity index (χ4v) is 3.36. The minimum absolute atomic E-state index is 0.0824. The average Bonchev–Trinajstić information content (AvgIpc) is 2.78. The first-order valence-corrected chi connectivity index (χ1v) is 10.1. The number of nitrogens with zero attached hydrogens (tertiary/aromatic N) is 2. The largest absolute Gasteiger partial charge is 0.351 e. The third kappa shape index (κ3) is 5.92. The monoisotopic (exact) mass is 464 g/mol. The Labute approximate surface area is 187 Å². The van der Waals surface area contributed by atoms with Crippen LogP contribution >= 0.6 is 0 Å². The number of nitrogens with one attached hydrogen (secondary N) is 3. The van der Waals surface area contributed by atoms with Gasteiger partial charge in [0.05, 0.1) is 5.69 Å². The predicted octanol–water partition coefficient (Wildman–Crippen LogP) is 2.28. The maximum absolute atomic E-state index is 14.0. The van der Waals surface area contributed by atoms with Crippen LogP contribution in [-0.2, 0) is 4.79 Å². The zero-order valence-electron chi connectivity index (χ0n) is 17.5. The predicted molar refractivity (Wildman–Crippen MR) is 115 cm³/mol. The summed E-state index contributed by atoms with van der Waals surface area (Å²) >= 11 is 0. The summed E-state index contributed by atoms with van der Waals surface area (Å²) in [6, 6.07) is 6.21. The van der Waals surface area contributed by atoms with Crippen molar-refractivity contribution in [3.8, 4) is 0 Å². The first-order chi connectivity index (χ1) is 15.8. The van der Waals surface area contributed by atoms with E-state index < -0.39 is 41.6 Å². The molecule has 1 aliphatic heterocycles. The Morgan fingerprint density at radius 3 is 2.24 bits per heavy atom.